The van der Waals surface area contributed by atoms with Gasteiger partial charge in [0.25, 0.3) is 0 Å². The van der Waals surface area contributed by atoms with Crippen LogP contribution in [0.15, 0.2) is 0 Å². The summed E-state index contributed by atoms with van der Waals surface area (Å²) < 4.78 is 0. The van der Waals surface area contributed by atoms with Crippen LogP contribution in [0.3, 0.4) is 0 Å². The van der Waals surface area contributed by atoms with Crippen molar-refractivity contribution in [2.24, 2.45) is 0 Å². The minimum Gasteiger partial charge on any atom is -0.318 e. The predicted molar refractivity (Wildman–Crippen MR) is 220 cm³/mol. The highest BCUT2D eigenvalue weighted by Gasteiger charge is 2.14. The van der Waals surface area contributed by atoms with E-state index < -0.39 is 0 Å². The maximum atomic E-state index is 3.30. The van der Waals surface area contributed by atoms with Crippen molar-refractivity contribution in [3.05, 3.63) is 0 Å². The topological polar surface area (TPSA) is 38.0 Å². The standard InChI is InChI=1S/C40H91N9/c1-11-16-18-19-25-47(24-17-12-2)38-40-49(34-28-43(8)22-14-4)36-31-45(10)30-32-46(23-15-5)37-39-48(33-27-42(7)21-13-3)35-29-44(9)26-20-41-6/h41H,11-40H2,1-10H3. The number of nitrogens with zero attached hydrogens (tertiary/aromatic N) is 8. The van der Waals surface area contributed by atoms with Crippen molar-refractivity contribution in [2.75, 3.05) is 173 Å². The second-order valence-corrected chi connectivity index (χ2v) is 15.1. The van der Waals surface area contributed by atoms with Crippen LogP contribution in [0.2, 0.25) is 0 Å². The normalized spacial score (nSPS) is 12.6. The lowest BCUT2D eigenvalue weighted by molar-refractivity contribution is 0.150. The minimum absolute atomic E-state index is 1.05. The molecule has 0 heterocycles. The Morgan fingerprint density at radius 3 is 1.00 bits per heavy atom. The van der Waals surface area contributed by atoms with Gasteiger partial charge in [-0.05, 0) is 100 Å². The van der Waals surface area contributed by atoms with Crippen LogP contribution >= 0.6 is 0 Å². The van der Waals surface area contributed by atoms with Crippen molar-refractivity contribution >= 4 is 0 Å². The predicted octanol–water partition coefficient (Wildman–Crippen LogP) is 4.75. The number of nitrogens with one attached hydrogen (secondary N) is 1. The molecule has 0 unspecified atom stereocenters. The first kappa shape index (κ1) is 48.6. The van der Waals surface area contributed by atoms with Crippen LogP contribution in [0.25, 0.3) is 0 Å². The van der Waals surface area contributed by atoms with Gasteiger partial charge in [-0.25, -0.2) is 0 Å². The van der Waals surface area contributed by atoms with E-state index in [1.165, 1.54) is 130 Å². The average molecular weight is 698 g/mol. The van der Waals surface area contributed by atoms with Crippen LogP contribution in [0.4, 0.5) is 0 Å². The number of unbranched alkanes of at least 4 members (excludes halogenated alkanes) is 4. The average Bonchev–Trinajstić information content (AvgIpc) is 3.09. The Labute approximate surface area is 309 Å². The van der Waals surface area contributed by atoms with E-state index in [9.17, 15) is 0 Å². The molecule has 0 rings (SSSR count). The second kappa shape index (κ2) is 34.7. The first-order chi connectivity index (χ1) is 23.7. The molecule has 0 atom stereocenters. The van der Waals surface area contributed by atoms with Crippen LogP contribution in [0.1, 0.15) is 92.4 Å². The first-order valence-electron chi connectivity index (χ1n) is 21.0. The number of likely N-dealkylation sites (N-methyl/N-ethyl adjacent to an activating group) is 5. The van der Waals surface area contributed by atoms with E-state index in [0.717, 1.165) is 65.4 Å². The molecule has 49 heavy (non-hydrogen) atoms. The molecule has 0 aromatic carbocycles. The van der Waals surface area contributed by atoms with Gasteiger partial charge >= 0.3 is 0 Å². The second-order valence-electron chi connectivity index (χ2n) is 15.1. The summed E-state index contributed by atoms with van der Waals surface area (Å²) in [5, 5.41) is 3.30. The van der Waals surface area contributed by atoms with E-state index in [1.807, 2.05) is 7.05 Å². The number of rotatable bonds is 38. The molecule has 9 nitrogen and oxygen atoms in total. The molecule has 0 saturated heterocycles. The third-order valence-corrected chi connectivity index (χ3v) is 10.1. The Bertz CT molecular complexity index is 670. The third-order valence-electron chi connectivity index (χ3n) is 10.1. The van der Waals surface area contributed by atoms with E-state index in [-0.39, 0.29) is 0 Å². The highest BCUT2D eigenvalue weighted by atomic mass is 15.3. The van der Waals surface area contributed by atoms with Gasteiger partial charge in [-0.3, -0.25) is 9.80 Å². The van der Waals surface area contributed by atoms with E-state index in [1.54, 1.807) is 0 Å². The van der Waals surface area contributed by atoms with Crippen LogP contribution in [-0.4, -0.2) is 212 Å². The van der Waals surface area contributed by atoms with Crippen molar-refractivity contribution in [1.29, 1.82) is 0 Å². The van der Waals surface area contributed by atoms with Gasteiger partial charge in [0.15, 0.2) is 0 Å². The molecule has 9 heteroatoms. The highest BCUT2D eigenvalue weighted by molar-refractivity contribution is 4.71. The Hall–Kier alpha value is -0.360. The molecule has 0 aromatic heterocycles. The van der Waals surface area contributed by atoms with Gasteiger partial charge in [-0.1, -0.05) is 60.3 Å². The fourth-order valence-corrected chi connectivity index (χ4v) is 6.44. The molecule has 0 spiro atoms. The summed E-state index contributed by atoms with van der Waals surface area (Å²) in [5.41, 5.74) is 0. The summed E-state index contributed by atoms with van der Waals surface area (Å²) in [6.45, 7) is 36.2. The zero-order valence-electron chi connectivity index (χ0n) is 35.3. The van der Waals surface area contributed by atoms with Crippen LogP contribution in [0, 0.1) is 0 Å². The summed E-state index contributed by atoms with van der Waals surface area (Å²) in [6, 6.07) is 0. The van der Waals surface area contributed by atoms with Gasteiger partial charge < -0.3 is 34.7 Å². The lowest BCUT2D eigenvalue weighted by Crippen LogP contribution is -2.45. The molecule has 0 saturated carbocycles. The summed E-state index contributed by atoms with van der Waals surface area (Å²) in [4.78, 5) is 21.1. The Kier molecular flexibility index (Phi) is 34.5. The van der Waals surface area contributed by atoms with Crippen molar-refractivity contribution in [3.63, 3.8) is 0 Å². The van der Waals surface area contributed by atoms with Gasteiger partial charge in [0.2, 0.25) is 0 Å². The zero-order valence-corrected chi connectivity index (χ0v) is 35.3. The van der Waals surface area contributed by atoms with Crippen LogP contribution in [-0.2, 0) is 0 Å². The molecular weight excluding hydrogens is 607 g/mol. The Balaban J connectivity index is 5.10. The summed E-state index contributed by atoms with van der Waals surface area (Å²) in [6.07, 6.45) is 11.7. The van der Waals surface area contributed by atoms with Crippen LogP contribution < -0.4 is 5.32 Å². The molecular formula is C40H91N9. The lowest BCUT2D eigenvalue weighted by Gasteiger charge is -2.32. The van der Waals surface area contributed by atoms with Crippen molar-refractivity contribution in [2.45, 2.75) is 92.4 Å². The minimum atomic E-state index is 1.05. The largest absolute Gasteiger partial charge is 0.318 e. The molecule has 0 bridgehead atoms. The molecule has 296 valence electrons. The Morgan fingerprint density at radius 2 is 0.612 bits per heavy atom. The lowest BCUT2D eigenvalue weighted by atomic mass is 10.2. The maximum Gasteiger partial charge on any atom is 0.0110 e. The highest BCUT2D eigenvalue weighted by Crippen LogP contribution is 2.05. The molecule has 0 aromatic rings. The molecule has 0 fully saturated rings. The number of hydrogen-bond acceptors (Lipinski definition) is 9. The van der Waals surface area contributed by atoms with Gasteiger partial charge in [-0.15, -0.1) is 0 Å². The van der Waals surface area contributed by atoms with E-state index in [0.29, 0.717) is 0 Å². The van der Waals surface area contributed by atoms with Crippen molar-refractivity contribution in [3.8, 4) is 0 Å². The van der Waals surface area contributed by atoms with Crippen LogP contribution in [0.5, 0.6) is 0 Å². The maximum absolute atomic E-state index is 3.30. The van der Waals surface area contributed by atoms with Crippen molar-refractivity contribution in [1.82, 2.24) is 44.5 Å². The fraction of sp³-hybridized carbons (Fsp3) is 1.00. The first-order valence-corrected chi connectivity index (χ1v) is 21.0. The van der Waals surface area contributed by atoms with E-state index in [2.05, 4.69) is 107 Å². The summed E-state index contributed by atoms with van der Waals surface area (Å²) >= 11 is 0. The van der Waals surface area contributed by atoms with Gasteiger partial charge in [0.1, 0.15) is 0 Å². The van der Waals surface area contributed by atoms with Gasteiger partial charge in [0, 0.05) is 105 Å². The Morgan fingerprint density at radius 1 is 0.286 bits per heavy atom. The SMILES string of the molecule is CCCCCCN(CCCC)CCN(CCN(C)CCC)CCN(C)CCN(CCC)CCN(CCN(C)CCC)CCN(C)CCNC. The van der Waals surface area contributed by atoms with Gasteiger partial charge in [0.05, 0.1) is 0 Å². The molecule has 1 N–H and O–H groups in total. The molecule has 0 amide bonds. The summed E-state index contributed by atoms with van der Waals surface area (Å²) in [5.74, 6) is 0. The smallest absolute Gasteiger partial charge is 0.0110 e. The molecule has 0 radical (unpaired) electrons. The number of hydrogen-bond donors (Lipinski definition) is 1. The molecule has 0 aliphatic heterocycles. The third kappa shape index (κ3) is 29.9. The van der Waals surface area contributed by atoms with Gasteiger partial charge in [-0.2, -0.15) is 0 Å². The van der Waals surface area contributed by atoms with E-state index >= 15 is 0 Å². The summed E-state index contributed by atoms with van der Waals surface area (Å²) in [7, 11) is 11.2. The molecule has 0 aliphatic rings. The van der Waals surface area contributed by atoms with E-state index in [4.69, 9.17) is 0 Å². The molecule has 0 aliphatic carbocycles. The monoisotopic (exact) mass is 698 g/mol. The quantitative estimate of drug-likeness (QED) is 0.0921. The zero-order chi connectivity index (χ0) is 36.5. The fourth-order valence-electron chi connectivity index (χ4n) is 6.44. The van der Waals surface area contributed by atoms with Crippen molar-refractivity contribution < 1.29 is 0 Å².